The van der Waals surface area contributed by atoms with E-state index >= 15 is 0 Å². The molecule has 1 aromatic carbocycles. The van der Waals surface area contributed by atoms with Gasteiger partial charge in [0.1, 0.15) is 11.9 Å². The molecule has 35 heavy (non-hydrogen) atoms. The third-order valence-corrected chi connectivity index (χ3v) is 7.12. The van der Waals surface area contributed by atoms with Crippen molar-refractivity contribution in [3.8, 4) is 5.75 Å². The van der Waals surface area contributed by atoms with Crippen molar-refractivity contribution in [3.63, 3.8) is 0 Å². The molecule has 2 aromatic rings. The average molecular weight is 487 g/mol. The molecule has 1 aromatic heterocycles. The summed E-state index contributed by atoms with van der Waals surface area (Å²) in [6.45, 7) is 7.60. The van der Waals surface area contributed by atoms with Gasteiger partial charge >= 0.3 is 6.01 Å². The first kappa shape index (κ1) is 25.5. The molecule has 2 fully saturated rings. The predicted octanol–water partition coefficient (Wildman–Crippen LogP) is 5.16. The molecule has 8 heteroatoms. The van der Waals surface area contributed by atoms with E-state index < -0.39 is 6.17 Å². The summed E-state index contributed by atoms with van der Waals surface area (Å²) in [4.78, 5) is 20.6. The Morgan fingerprint density at radius 2 is 1.89 bits per heavy atom. The van der Waals surface area contributed by atoms with Crippen LogP contribution < -0.4 is 9.64 Å². The van der Waals surface area contributed by atoms with Gasteiger partial charge in [-0.3, -0.25) is 4.79 Å². The van der Waals surface area contributed by atoms with E-state index in [0.717, 1.165) is 42.6 Å². The number of benzene rings is 1. The van der Waals surface area contributed by atoms with Gasteiger partial charge < -0.3 is 19.1 Å². The monoisotopic (exact) mass is 486 g/mol. The maximum absolute atomic E-state index is 13.3. The van der Waals surface area contributed by atoms with Crippen LogP contribution in [0.4, 0.5) is 10.4 Å². The Labute approximate surface area is 208 Å². The molecule has 2 saturated heterocycles. The van der Waals surface area contributed by atoms with E-state index in [4.69, 9.17) is 9.26 Å². The summed E-state index contributed by atoms with van der Waals surface area (Å²) >= 11 is 0. The molecule has 0 spiro atoms. The van der Waals surface area contributed by atoms with Crippen molar-refractivity contribution >= 4 is 11.9 Å². The summed E-state index contributed by atoms with van der Waals surface area (Å²) in [5.74, 6) is 2.67. The third kappa shape index (κ3) is 7.42. The molecular formula is C27H39FN4O3. The van der Waals surface area contributed by atoms with E-state index in [2.05, 4.69) is 28.9 Å². The number of nitrogens with zero attached hydrogens (tertiary/aromatic N) is 4. The SMILES string of the molecule is CC(C)c1noc(N2CCC(CCCCCOc3ccc(CC(=O)N4CC[C@@H](F)C4)cc3)CC2)n1. The first-order valence-corrected chi connectivity index (χ1v) is 13.2. The Balaban J connectivity index is 1.05. The fourth-order valence-corrected chi connectivity index (χ4v) is 4.84. The second-order valence-corrected chi connectivity index (χ2v) is 10.3. The highest BCUT2D eigenvalue weighted by atomic mass is 19.1. The van der Waals surface area contributed by atoms with Gasteiger partial charge in [0.25, 0.3) is 0 Å². The number of ether oxygens (including phenoxy) is 1. The summed E-state index contributed by atoms with van der Waals surface area (Å²) in [5.41, 5.74) is 0.940. The van der Waals surface area contributed by atoms with Crippen LogP contribution in [-0.2, 0) is 11.2 Å². The first-order chi connectivity index (χ1) is 17.0. The van der Waals surface area contributed by atoms with E-state index in [1.807, 2.05) is 24.3 Å². The minimum atomic E-state index is -0.872. The number of carbonyl (C=O) groups excluding carboxylic acids is 1. The Morgan fingerprint density at radius 1 is 1.11 bits per heavy atom. The summed E-state index contributed by atoms with van der Waals surface area (Å²) in [7, 11) is 0. The number of anilines is 1. The van der Waals surface area contributed by atoms with Gasteiger partial charge in [-0.05, 0) is 49.3 Å². The van der Waals surface area contributed by atoms with E-state index in [0.29, 0.717) is 32.0 Å². The molecule has 2 aliphatic rings. The molecule has 3 heterocycles. The zero-order valence-corrected chi connectivity index (χ0v) is 21.1. The van der Waals surface area contributed by atoms with Gasteiger partial charge in [0.05, 0.1) is 19.6 Å². The summed E-state index contributed by atoms with van der Waals surface area (Å²) < 4.78 is 24.6. The minimum absolute atomic E-state index is 0.000558. The average Bonchev–Trinajstić information content (AvgIpc) is 3.52. The number of alkyl halides is 1. The highest BCUT2D eigenvalue weighted by molar-refractivity contribution is 5.79. The fourth-order valence-electron chi connectivity index (χ4n) is 4.84. The normalized spacial score (nSPS) is 19.0. The highest BCUT2D eigenvalue weighted by Crippen LogP contribution is 2.26. The van der Waals surface area contributed by atoms with Crippen molar-refractivity contribution in [2.24, 2.45) is 5.92 Å². The van der Waals surface area contributed by atoms with Crippen molar-refractivity contribution in [3.05, 3.63) is 35.7 Å². The Bertz CT molecular complexity index is 925. The number of likely N-dealkylation sites (tertiary alicyclic amines) is 1. The number of hydrogen-bond acceptors (Lipinski definition) is 6. The molecule has 0 unspecified atom stereocenters. The third-order valence-electron chi connectivity index (χ3n) is 7.12. The summed E-state index contributed by atoms with van der Waals surface area (Å²) in [6.07, 6.45) is 6.95. The van der Waals surface area contributed by atoms with Gasteiger partial charge in [-0.1, -0.05) is 50.4 Å². The molecule has 0 saturated carbocycles. The van der Waals surface area contributed by atoms with Crippen LogP contribution in [-0.4, -0.2) is 59.9 Å². The maximum Gasteiger partial charge on any atom is 0.324 e. The molecule has 0 radical (unpaired) electrons. The van der Waals surface area contributed by atoms with Crippen LogP contribution in [0.5, 0.6) is 5.75 Å². The summed E-state index contributed by atoms with van der Waals surface area (Å²) in [6, 6.07) is 8.38. The first-order valence-electron chi connectivity index (χ1n) is 13.2. The number of aromatic nitrogens is 2. The van der Waals surface area contributed by atoms with Crippen LogP contribution in [0.2, 0.25) is 0 Å². The molecule has 4 rings (SSSR count). The zero-order valence-electron chi connectivity index (χ0n) is 21.1. The van der Waals surface area contributed by atoms with E-state index in [9.17, 15) is 9.18 Å². The lowest BCUT2D eigenvalue weighted by Crippen LogP contribution is -2.33. The molecular weight excluding hydrogens is 447 g/mol. The smallest absolute Gasteiger partial charge is 0.324 e. The van der Waals surface area contributed by atoms with Gasteiger partial charge in [0, 0.05) is 25.6 Å². The number of hydrogen-bond donors (Lipinski definition) is 0. The molecule has 1 amide bonds. The van der Waals surface area contributed by atoms with Crippen molar-refractivity contribution in [2.75, 3.05) is 37.7 Å². The van der Waals surface area contributed by atoms with Crippen molar-refractivity contribution < 1.29 is 18.4 Å². The number of piperidine rings is 1. The van der Waals surface area contributed by atoms with Gasteiger partial charge in [-0.2, -0.15) is 4.98 Å². The Kier molecular flexibility index (Phi) is 8.99. The van der Waals surface area contributed by atoms with Crippen LogP contribution >= 0.6 is 0 Å². The number of halogens is 1. The molecule has 192 valence electrons. The Morgan fingerprint density at radius 3 is 2.54 bits per heavy atom. The van der Waals surface area contributed by atoms with Crippen LogP contribution in [0.1, 0.15) is 76.1 Å². The number of carbonyl (C=O) groups is 1. The lowest BCUT2D eigenvalue weighted by molar-refractivity contribution is -0.129. The number of amides is 1. The lowest BCUT2D eigenvalue weighted by atomic mass is 9.91. The quantitative estimate of drug-likeness (QED) is 0.409. The topological polar surface area (TPSA) is 71.7 Å². The second kappa shape index (κ2) is 12.4. The standard InChI is InChI=1S/C27H39FN4O3/c1-20(2)26-29-27(35-30-26)31-14-11-21(12-15-31)6-4-3-5-17-34-24-9-7-22(8-10-24)18-25(33)32-16-13-23(28)19-32/h7-10,20-21,23H,3-6,11-19H2,1-2H3/t23-/m1/s1. The molecule has 0 bridgehead atoms. The van der Waals surface area contributed by atoms with Gasteiger partial charge in [-0.25, -0.2) is 4.39 Å². The summed E-state index contributed by atoms with van der Waals surface area (Å²) in [5, 5.41) is 4.08. The lowest BCUT2D eigenvalue weighted by Gasteiger charge is -2.30. The van der Waals surface area contributed by atoms with Gasteiger partial charge in [0.15, 0.2) is 5.82 Å². The number of unbranched alkanes of at least 4 members (excludes halogenated alkanes) is 2. The van der Waals surface area contributed by atoms with Crippen molar-refractivity contribution in [1.82, 2.24) is 15.0 Å². The number of rotatable bonds is 11. The maximum atomic E-state index is 13.3. The minimum Gasteiger partial charge on any atom is -0.494 e. The van der Waals surface area contributed by atoms with Crippen molar-refractivity contribution in [2.45, 2.75) is 77.3 Å². The van der Waals surface area contributed by atoms with E-state index in [1.54, 1.807) is 4.90 Å². The zero-order chi connectivity index (χ0) is 24.6. The van der Waals surface area contributed by atoms with Crippen LogP contribution in [0, 0.1) is 5.92 Å². The van der Waals surface area contributed by atoms with Crippen LogP contribution in [0.25, 0.3) is 0 Å². The fraction of sp³-hybridized carbons (Fsp3) is 0.667. The Hall–Kier alpha value is -2.64. The van der Waals surface area contributed by atoms with Gasteiger partial charge in [0.2, 0.25) is 5.91 Å². The van der Waals surface area contributed by atoms with E-state index in [1.165, 1.54) is 32.1 Å². The molecule has 0 N–H and O–H groups in total. The van der Waals surface area contributed by atoms with E-state index in [-0.39, 0.29) is 18.4 Å². The van der Waals surface area contributed by atoms with Crippen LogP contribution in [0.3, 0.4) is 0 Å². The van der Waals surface area contributed by atoms with Gasteiger partial charge in [-0.15, -0.1) is 0 Å². The van der Waals surface area contributed by atoms with Crippen LogP contribution in [0.15, 0.2) is 28.8 Å². The molecule has 0 aliphatic carbocycles. The molecule has 2 aliphatic heterocycles. The molecule has 1 atom stereocenters. The van der Waals surface area contributed by atoms with Crippen molar-refractivity contribution in [1.29, 1.82) is 0 Å². The largest absolute Gasteiger partial charge is 0.494 e. The highest BCUT2D eigenvalue weighted by Gasteiger charge is 2.26. The molecule has 7 nitrogen and oxygen atoms in total. The predicted molar refractivity (Wildman–Crippen MR) is 134 cm³/mol. The second-order valence-electron chi connectivity index (χ2n) is 10.3.